The number of aromatic nitrogens is 1. The molecule has 0 amide bonds. The summed E-state index contributed by atoms with van der Waals surface area (Å²) in [6.45, 7) is 3.44. The molecule has 106 valence electrons. The zero-order valence-electron chi connectivity index (χ0n) is 11.7. The summed E-state index contributed by atoms with van der Waals surface area (Å²) in [5.41, 5.74) is 1.47. The zero-order chi connectivity index (χ0) is 15.4. The molecule has 0 saturated carbocycles. The van der Waals surface area contributed by atoms with Crippen LogP contribution in [0.1, 0.15) is 40.2 Å². The molecule has 0 aliphatic rings. The van der Waals surface area contributed by atoms with Gasteiger partial charge in [0.05, 0.1) is 11.6 Å². The summed E-state index contributed by atoms with van der Waals surface area (Å²) in [5, 5.41) is 8.74. The molecule has 1 heterocycles. The molecule has 0 aliphatic carbocycles. The van der Waals surface area contributed by atoms with Crippen molar-refractivity contribution >= 4 is 5.97 Å². The highest BCUT2D eigenvalue weighted by atomic mass is 16.5. The van der Waals surface area contributed by atoms with E-state index in [1.165, 1.54) is 6.07 Å². The fourth-order valence-electron chi connectivity index (χ4n) is 1.85. The molecule has 2 rings (SSSR count). The van der Waals surface area contributed by atoms with Crippen molar-refractivity contribution in [1.82, 2.24) is 4.98 Å². The van der Waals surface area contributed by atoms with E-state index in [9.17, 15) is 9.59 Å². The van der Waals surface area contributed by atoms with Gasteiger partial charge in [0.15, 0.2) is 0 Å². The average Bonchev–Trinajstić information content (AvgIpc) is 2.47. The lowest BCUT2D eigenvalue weighted by atomic mass is 10.1. The number of benzene rings is 1. The fourth-order valence-corrected chi connectivity index (χ4v) is 1.85. The maximum atomic E-state index is 12.0. The Bertz CT molecular complexity index is 754. The lowest BCUT2D eigenvalue weighted by Crippen LogP contribution is -2.21. The Morgan fingerprint density at radius 1 is 1.24 bits per heavy atom. The van der Waals surface area contributed by atoms with Crippen LogP contribution in [0.15, 0.2) is 41.2 Å². The molecule has 0 unspecified atom stereocenters. The number of nitriles is 1. The standard InChI is InChI=1S/C16H14N2O3/c1-10-3-8-14(15(19)18-10)16(20)21-11(2)13-6-4-12(9-17)5-7-13/h3-8,11H,1-2H3,(H,18,19)/t11-/m1/s1. The van der Waals surface area contributed by atoms with E-state index in [-0.39, 0.29) is 5.56 Å². The van der Waals surface area contributed by atoms with Crippen molar-refractivity contribution in [3.8, 4) is 6.07 Å². The van der Waals surface area contributed by atoms with E-state index in [1.54, 1.807) is 44.2 Å². The van der Waals surface area contributed by atoms with Crippen molar-refractivity contribution in [1.29, 1.82) is 5.26 Å². The van der Waals surface area contributed by atoms with Gasteiger partial charge in [-0.3, -0.25) is 4.79 Å². The van der Waals surface area contributed by atoms with Crippen LogP contribution in [0.5, 0.6) is 0 Å². The molecule has 5 nitrogen and oxygen atoms in total. The molecule has 0 saturated heterocycles. The second-order valence-electron chi connectivity index (χ2n) is 4.67. The molecule has 0 spiro atoms. The third kappa shape index (κ3) is 3.37. The van der Waals surface area contributed by atoms with E-state index in [0.29, 0.717) is 11.3 Å². The van der Waals surface area contributed by atoms with E-state index >= 15 is 0 Å². The molecule has 0 bridgehead atoms. The van der Waals surface area contributed by atoms with Crippen molar-refractivity contribution in [2.75, 3.05) is 0 Å². The molecule has 0 fully saturated rings. The molecule has 1 aromatic carbocycles. The summed E-state index contributed by atoms with van der Waals surface area (Å²) in [5.74, 6) is -0.673. The zero-order valence-corrected chi connectivity index (χ0v) is 11.7. The first kappa shape index (κ1) is 14.5. The minimum absolute atomic E-state index is 0.0268. The maximum Gasteiger partial charge on any atom is 0.344 e. The largest absolute Gasteiger partial charge is 0.454 e. The Morgan fingerprint density at radius 3 is 2.48 bits per heavy atom. The number of nitrogens with one attached hydrogen (secondary N) is 1. The lowest BCUT2D eigenvalue weighted by molar-refractivity contribution is 0.0335. The average molecular weight is 282 g/mol. The van der Waals surface area contributed by atoms with Gasteiger partial charge >= 0.3 is 5.97 Å². The van der Waals surface area contributed by atoms with Crippen LogP contribution in [-0.2, 0) is 4.74 Å². The number of hydrogen-bond acceptors (Lipinski definition) is 4. The van der Waals surface area contributed by atoms with E-state index in [1.807, 2.05) is 6.07 Å². The Hall–Kier alpha value is -2.87. The van der Waals surface area contributed by atoms with Gasteiger partial charge in [-0.15, -0.1) is 0 Å². The third-order valence-electron chi connectivity index (χ3n) is 3.07. The summed E-state index contributed by atoms with van der Waals surface area (Å²) in [6, 6.07) is 11.8. The first-order valence-electron chi connectivity index (χ1n) is 6.42. The quantitative estimate of drug-likeness (QED) is 0.877. The molecular weight excluding hydrogens is 268 g/mol. The van der Waals surface area contributed by atoms with Crippen molar-refractivity contribution in [3.05, 3.63) is 69.1 Å². The van der Waals surface area contributed by atoms with Crippen molar-refractivity contribution in [2.24, 2.45) is 0 Å². The number of aryl methyl sites for hydroxylation is 1. The Labute approximate surface area is 121 Å². The smallest absolute Gasteiger partial charge is 0.344 e. The van der Waals surface area contributed by atoms with Crippen LogP contribution in [0.4, 0.5) is 0 Å². The van der Waals surface area contributed by atoms with E-state index < -0.39 is 17.6 Å². The number of pyridine rings is 1. The Kier molecular flexibility index (Phi) is 4.19. The van der Waals surface area contributed by atoms with Crippen molar-refractivity contribution in [3.63, 3.8) is 0 Å². The summed E-state index contributed by atoms with van der Waals surface area (Å²) in [6.07, 6.45) is -0.508. The summed E-state index contributed by atoms with van der Waals surface area (Å²) < 4.78 is 5.27. The molecule has 1 atom stereocenters. The number of ether oxygens (including phenoxy) is 1. The highest BCUT2D eigenvalue weighted by Gasteiger charge is 2.16. The van der Waals surface area contributed by atoms with Crippen molar-refractivity contribution < 1.29 is 9.53 Å². The van der Waals surface area contributed by atoms with Gasteiger partial charge in [0.25, 0.3) is 5.56 Å². The van der Waals surface area contributed by atoms with Gasteiger partial charge in [0, 0.05) is 5.69 Å². The maximum absolute atomic E-state index is 12.0. The van der Waals surface area contributed by atoms with Gasteiger partial charge in [-0.1, -0.05) is 12.1 Å². The number of aromatic amines is 1. The number of H-pyrrole nitrogens is 1. The minimum atomic E-state index is -0.673. The van der Waals surface area contributed by atoms with Gasteiger partial charge in [-0.25, -0.2) is 4.79 Å². The van der Waals surface area contributed by atoms with Crippen molar-refractivity contribution in [2.45, 2.75) is 20.0 Å². The first-order chi connectivity index (χ1) is 10.0. The van der Waals surface area contributed by atoms with Crippen LogP contribution in [0.25, 0.3) is 0 Å². The number of hydrogen-bond donors (Lipinski definition) is 1. The number of carbonyl (C=O) groups is 1. The highest BCUT2D eigenvalue weighted by Crippen LogP contribution is 2.18. The SMILES string of the molecule is Cc1ccc(C(=O)O[C@H](C)c2ccc(C#N)cc2)c(=O)[nH]1. The summed E-state index contributed by atoms with van der Waals surface area (Å²) in [7, 11) is 0. The number of carbonyl (C=O) groups excluding carboxylic acids is 1. The monoisotopic (exact) mass is 282 g/mol. The first-order valence-corrected chi connectivity index (χ1v) is 6.42. The molecule has 0 aliphatic heterocycles. The van der Waals surface area contributed by atoms with Gasteiger partial charge in [0.2, 0.25) is 0 Å². The molecule has 1 aromatic heterocycles. The second-order valence-corrected chi connectivity index (χ2v) is 4.67. The van der Waals surface area contributed by atoms with Gasteiger partial charge in [-0.2, -0.15) is 5.26 Å². The van der Waals surface area contributed by atoms with Crippen LogP contribution in [0, 0.1) is 18.3 Å². The topological polar surface area (TPSA) is 82.9 Å². The fraction of sp³-hybridized carbons (Fsp3) is 0.188. The number of rotatable bonds is 3. The van der Waals surface area contributed by atoms with Crippen LogP contribution < -0.4 is 5.56 Å². The lowest BCUT2D eigenvalue weighted by Gasteiger charge is -2.13. The second kappa shape index (κ2) is 6.06. The van der Waals surface area contributed by atoms with E-state index in [0.717, 1.165) is 5.56 Å². The molecule has 2 aromatic rings. The molecule has 0 radical (unpaired) electrons. The normalized spacial score (nSPS) is 11.5. The molecule has 5 heteroatoms. The van der Waals surface area contributed by atoms with Crippen LogP contribution in [0.2, 0.25) is 0 Å². The molecule has 21 heavy (non-hydrogen) atoms. The Morgan fingerprint density at radius 2 is 1.90 bits per heavy atom. The van der Waals surface area contributed by atoms with Crippen LogP contribution >= 0.6 is 0 Å². The van der Waals surface area contributed by atoms with E-state index in [4.69, 9.17) is 10.00 Å². The predicted molar refractivity (Wildman–Crippen MR) is 76.8 cm³/mol. The molecule has 1 N–H and O–H groups in total. The third-order valence-corrected chi connectivity index (χ3v) is 3.07. The number of nitrogens with zero attached hydrogens (tertiary/aromatic N) is 1. The summed E-state index contributed by atoms with van der Waals surface area (Å²) in [4.78, 5) is 26.2. The van der Waals surface area contributed by atoms with Gasteiger partial charge in [0.1, 0.15) is 11.7 Å². The highest BCUT2D eigenvalue weighted by molar-refractivity contribution is 5.89. The summed E-state index contributed by atoms with van der Waals surface area (Å²) >= 11 is 0. The van der Waals surface area contributed by atoms with Gasteiger partial charge in [-0.05, 0) is 43.7 Å². The Balaban J connectivity index is 2.14. The molecular formula is C16H14N2O3. The predicted octanol–water partition coefficient (Wildman–Crippen LogP) is 2.47. The number of esters is 1. The van der Waals surface area contributed by atoms with Crippen LogP contribution in [0.3, 0.4) is 0 Å². The minimum Gasteiger partial charge on any atom is -0.454 e. The van der Waals surface area contributed by atoms with Gasteiger partial charge < -0.3 is 9.72 Å². The van der Waals surface area contributed by atoms with E-state index in [2.05, 4.69) is 4.98 Å². The van der Waals surface area contributed by atoms with Crippen LogP contribution in [-0.4, -0.2) is 11.0 Å².